The molecule has 0 aromatic carbocycles. The molecule has 30 heavy (non-hydrogen) atoms. The molecule has 0 aliphatic rings. The summed E-state index contributed by atoms with van der Waals surface area (Å²) in [7, 11) is 3.17. The molecule has 1 unspecified atom stereocenters. The molecule has 2 aromatic heterocycles. The van der Waals surface area contributed by atoms with E-state index in [0.29, 0.717) is 16.9 Å². The number of hydrogen-bond donors (Lipinski definition) is 1. The number of nitro groups is 1. The lowest BCUT2D eigenvalue weighted by atomic mass is 10.1. The van der Waals surface area contributed by atoms with Gasteiger partial charge in [0.25, 0.3) is 5.91 Å². The van der Waals surface area contributed by atoms with Crippen molar-refractivity contribution in [2.24, 2.45) is 0 Å². The van der Waals surface area contributed by atoms with Crippen molar-refractivity contribution in [3.05, 3.63) is 38.5 Å². The number of anilines is 1. The number of rotatable bonds is 8. The van der Waals surface area contributed by atoms with Crippen LogP contribution < -0.4 is 5.32 Å². The molecule has 1 N–H and O–H groups in total. The van der Waals surface area contributed by atoms with E-state index in [9.17, 15) is 24.5 Å². The topological polar surface area (TPSA) is 137 Å². The Hall–Kier alpha value is -3.28. The fourth-order valence-electron chi connectivity index (χ4n) is 2.49. The number of carbonyl (C=O) groups excluding carboxylic acids is 3. The normalized spacial score (nSPS) is 11.6. The zero-order valence-corrected chi connectivity index (χ0v) is 18.1. The third kappa shape index (κ3) is 4.82. The van der Waals surface area contributed by atoms with E-state index in [1.807, 2.05) is 6.92 Å². The number of amides is 2. The second-order valence-corrected chi connectivity index (χ2v) is 7.72. The largest absolute Gasteiger partial charge is 0.462 e. The van der Waals surface area contributed by atoms with Crippen molar-refractivity contribution in [2.45, 2.75) is 33.2 Å². The second-order valence-electron chi connectivity index (χ2n) is 6.70. The molecule has 2 aromatic rings. The van der Waals surface area contributed by atoms with Crippen molar-refractivity contribution >= 4 is 39.8 Å². The molecule has 0 saturated heterocycles. The Morgan fingerprint density at radius 2 is 2.07 bits per heavy atom. The minimum Gasteiger partial charge on any atom is -0.462 e. The number of aromatic nitrogens is 2. The van der Waals surface area contributed by atoms with Crippen molar-refractivity contribution in [2.75, 3.05) is 26.0 Å². The molecule has 2 rings (SSSR count). The van der Waals surface area contributed by atoms with Gasteiger partial charge >= 0.3 is 11.7 Å². The van der Waals surface area contributed by atoms with Gasteiger partial charge in [-0.25, -0.2) is 4.79 Å². The quantitative estimate of drug-likeness (QED) is 0.381. The summed E-state index contributed by atoms with van der Waals surface area (Å²) >= 11 is 0.973. The van der Waals surface area contributed by atoms with Gasteiger partial charge in [0.15, 0.2) is 0 Å². The van der Waals surface area contributed by atoms with Crippen LogP contribution in [0.25, 0.3) is 0 Å². The summed E-state index contributed by atoms with van der Waals surface area (Å²) in [6.07, 6.45) is 2.80. The summed E-state index contributed by atoms with van der Waals surface area (Å²) < 4.78 is 6.36. The highest BCUT2D eigenvalue weighted by Crippen LogP contribution is 2.35. The molecule has 0 saturated carbocycles. The number of esters is 1. The molecule has 0 radical (unpaired) electrons. The molecule has 162 valence electrons. The maximum Gasteiger partial charge on any atom is 0.341 e. The lowest BCUT2D eigenvalue weighted by Crippen LogP contribution is -2.24. The number of carbonyl (C=O) groups is 3. The highest BCUT2D eigenvalue weighted by atomic mass is 32.1. The molecule has 12 heteroatoms. The molecule has 0 bridgehead atoms. The number of ether oxygens (including phenoxy) is 1. The Morgan fingerprint density at radius 1 is 1.40 bits per heavy atom. The Balaban J connectivity index is 2.36. The van der Waals surface area contributed by atoms with Crippen LogP contribution >= 0.6 is 11.3 Å². The first-order valence-electron chi connectivity index (χ1n) is 9.10. The molecule has 0 spiro atoms. The van der Waals surface area contributed by atoms with Crippen LogP contribution in [0.1, 0.15) is 51.9 Å². The molecule has 11 nitrogen and oxygen atoms in total. The van der Waals surface area contributed by atoms with Gasteiger partial charge in [-0.05, 0) is 25.8 Å². The fraction of sp³-hybridized carbons (Fsp3) is 0.444. The van der Waals surface area contributed by atoms with E-state index < -0.39 is 22.8 Å². The van der Waals surface area contributed by atoms with Gasteiger partial charge in [-0.2, -0.15) is 5.10 Å². The molecule has 0 fully saturated rings. The summed E-state index contributed by atoms with van der Waals surface area (Å²) in [5.41, 5.74) is 0.285. The Kier molecular flexibility index (Phi) is 7.27. The van der Waals surface area contributed by atoms with Crippen LogP contribution in [-0.4, -0.2) is 58.1 Å². The zero-order chi connectivity index (χ0) is 22.6. The van der Waals surface area contributed by atoms with Gasteiger partial charge in [-0.1, -0.05) is 6.92 Å². The first kappa shape index (κ1) is 23.0. The maximum absolute atomic E-state index is 12.7. The van der Waals surface area contributed by atoms with E-state index in [4.69, 9.17) is 4.74 Å². The molecule has 0 aliphatic heterocycles. The minimum atomic E-state index is -0.895. The molecule has 2 amide bonds. The van der Waals surface area contributed by atoms with Gasteiger partial charge < -0.3 is 15.0 Å². The summed E-state index contributed by atoms with van der Waals surface area (Å²) in [6.45, 7) is 5.17. The predicted octanol–water partition coefficient (Wildman–Crippen LogP) is 2.63. The Labute approximate surface area is 176 Å². The first-order valence-corrected chi connectivity index (χ1v) is 9.91. The zero-order valence-electron chi connectivity index (χ0n) is 17.3. The van der Waals surface area contributed by atoms with Crippen LogP contribution in [0.3, 0.4) is 0 Å². The SMILES string of the molecule is CCCOC(=O)c1c(NC(=O)C(C)n2cc([N+](=O)[O-])cn2)sc(C(=O)N(C)C)c1C. The lowest BCUT2D eigenvalue weighted by molar-refractivity contribution is -0.385. The summed E-state index contributed by atoms with van der Waals surface area (Å²) in [5, 5.41) is 17.5. The molecule has 0 aliphatic carbocycles. The van der Waals surface area contributed by atoms with E-state index in [1.54, 1.807) is 21.0 Å². The average molecular weight is 437 g/mol. The Bertz CT molecular complexity index is 980. The van der Waals surface area contributed by atoms with Crippen LogP contribution in [0.5, 0.6) is 0 Å². The van der Waals surface area contributed by atoms with Crippen molar-refractivity contribution < 1.29 is 24.0 Å². The number of hydrogen-bond acceptors (Lipinski definition) is 8. The van der Waals surface area contributed by atoms with Crippen molar-refractivity contribution in [3.63, 3.8) is 0 Å². The van der Waals surface area contributed by atoms with Gasteiger partial charge in [0.05, 0.1) is 22.0 Å². The van der Waals surface area contributed by atoms with E-state index in [0.717, 1.165) is 28.4 Å². The molecular weight excluding hydrogens is 414 g/mol. The van der Waals surface area contributed by atoms with Gasteiger partial charge in [0, 0.05) is 14.1 Å². The third-order valence-electron chi connectivity index (χ3n) is 4.20. The molecular formula is C18H23N5O6S. The van der Waals surface area contributed by atoms with Gasteiger partial charge in [0.2, 0.25) is 5.91 Å². The molecule has 1 atom stereocenters. The third-order valence-corrected chi connectivity index (χ3v) is 5.40. The maximum atomic E-state index is 12.7. The highest BCUT2D eigenvalue weighted by molar-refractivity contribution is 7.18. The number of nitrogens with zero attached hydrogens (tertiary/aromatic N) is 4. The minimum absolute atomic E-state index is 0.116. The van der Waals surface area contributed by atoms with Crippen molar-refractivity contribution in [3.8, 4) is 0 Å². The van der Waals surface area contributed by atoms with Crippen LogP contribution in [0.15, 0.2) is 12.4 Å². The van der Waals surface area contributed by atoms with Crippen LogP contribution in [0.4, 0.5) is 10.7 Å². The van der Waals surface area contributed by atoms with E-state index in [2.05, 4.69) is 10.4 Å². The van der Waals surface area contributed by atoms with E-state index >= 15 is 0 Å². The van der Waals surface area contributed by atoms with Gasteiger partial charge in [0.1, 0.15) is 23.4 Å². The average Bonchev–Trinajstić information content (AvgIpc) is 3.30. The van der Waals surface area contributed by atoms with Gasteiger partial charge in [-0.15, -0.1) is 11.3 Å². The lowest BCUT2D eigenvalue weighted by Gasteiger charge is -2.12. The fourth-order valence-corrected chi connectivity index (χ4v) is 3.71. The first-order chi connectivity index (χ1) is 14.1. The van der Waals surface area contributed by atoms with Crippen molar-refractivity contribution in [1.29, 1.82) is 0 Å². The predicted molar refractivity (Wildman–Crippen MR) is 110 cm³/mol. The van der Waals surface area contributed by atoms with Crippen LogP contribution in [-0.2, 0) is 9.53 Å². The summed E-state index contributed by atoms with van der Waals surface area (Å²) in [4.78, 5) is 49.7. The van der Waals surface area contributed by atoms with Crippen LogP contribution in [0.2, 0.25) is 0 Å². The molecule has 2 heterocycles. The highest BCUT2D eigenvalue weighted by Gasteiger charge is 2.29. The van der Waals surface area contributed by atoms with Gasteiger partial charge in [-0.3, -0.25) is 24.4 Å². The summed E-state index contributed by atoms with van der Waals surface area (Å²) in [6, 6.07) is -0.895. The van der Waals surface area contributed by atoms with Crippen molar-refractivity contribution in [1.82, 2.24) is 14.7 Å². The standard InChI is InChI=1S/C18H23N5O6S/c1-6-7-29-18(26)13-10(2)14(17(25)21(4)5)30-16(13)20-15(24)11(3)22-9-12(8-19-22)23(27)28/h8-9,11H,6-7H2,1-5H3,(H,20,24). The van der Waals surface area contributed by atoms with E-state index in [1.165, 1.54) is 11.8 Å². The van der Waals surface area contributed by atoms with Crippen LogP contribution in [0, 0.1) is 17.0 Å². The smallest absolute Gasteiger partial charge is 0.341 e. The number of nitrogens with one attached hydrogen (secondary N) is 1. The van der Waals surface area contributed by atoms with E-state index in [-0.39, 0.29) is 28.8 Å². The number of thiophene rings is 1. The Morgan fingerprint density at radius 3 is 2.60 bits per heavy atom. The second kappa shape index (κ2) is 9.48. The monoisotopic (exact) mass is 437 g/mol. The summed E-state index contributed by atoms with van der Waals surface area (Å²) in [5.74, 6) is -1.50.